The number of carboxylic acids is 1. The lowest BCUT2D eigenvalue weighted by Gasteiger charge is -2.50. The summed E-state index contributed by atoms with van der Waals surface area (Å²) in [6, 6.07) is 7.96. The molecule has 7 heteroatoms. The first-order valence-corrected chi connectivity index (χ1v) is 10.7. The van der Waals surface area contributed by atoms with E-state index in [-0.39, 0.29) is 12.5 Å². The van der Waals surface area contributed by atoms with Gasteiger partial charge in [0.2, 0.25) is 0 Å². The number of aromatic nitrogens is 1. The van der Waals surface area contributed by atoms with Crippen LogP contribution in [-0.2, 0) is 4.79 Å². The number of aliphatic hydroxyl groups is 2. The summed E-state index contributed by atoms with van der Waals surface area (Å²) in [5.74, 6) is 1.04. The van der Waals surface area contributed by atoms with Gasteiger partial charge in [0, 0.05) is 24.2 Å². The van der Waals surface area contributed by atoms with Crippen molar-refractivity contribution in [3.8, 4) is 5.75 Å². The van der Waals surface area contributed by atoms with Gasteiger partial charge in [-0.1, -0.05) is 6.08 Å². The lowest BCUT2D eigenvalue weighted by Crippen LogP contribution is -2.54. The first kappa shape index (κ1) is 23.2. The van der Waals surface area contributed by atoms with Crippen LogP contribution in [0.1, 0.15) is 37.9 Å². The normalized spacial score (nSPS) is 26.5. The predicted octanol–water partition coefficient (Wildman–Crippen LogP) is 3.02. The van der Waals surface area contributed by atoms with Gasteiger partial charge in [0.15, 0.2) is 0 Å². The summed E-state index contributed by atoms with van der Waals surface area (Å²) in [4.78, 5) is 16.5. The summed E-state index contributed by atoms with van der Waals surface area (Å²) < 4.78 is 5.35. The number of fused-ring (bicyclic) bond motifs is 4. The van der Waals surface area contributed by atoms with E-state index in [0.29, 0.717) is 11.8 Å². The van der Waals surface area contributed by atoms with E-state index in [4.69, 9.17) is 14.9 Å². The zero-order valence-electron chi connectivity index (χ0n) is 18.1. The molecule has 3 N–H and O–H groups in total. The van der Waals surface area contributed by atoms with Crippen molar-refractivity contribution in [2.24, 2.45) is 11.8 Å². The Labute approximate surface area is 183 Å². The highest BCUT2D eigenvalue weighted by Gasteiger charge is 2.42. The van der Waals surface area contributed by atoms with Crippen molar-refractivity contribution in [3.63, 3.8) is 0 Å². The molecule has 0 spiro atoms. The number of hydrogen-bond acceptors (Lipinski definition) is 6. The van der Waals surface area contributed by atoms with Crippen LogP contribution in [0, 0.1) is 11.8 Å². The van der Waals surface area contributed by atoms with E-state index < -0.39 is 18.2 Å². The van der Waals surface area contributed by atoms with Crippen molar-refractivity contribution in [1.29, 1.82) is 0 Å². The van der Waals surface area contributed by atoms with Crippen LogP contribution in [0.15, 0.2) is 43.1 Å². The van der Waals surface area contributed by atoms with Crippen LogP contribution in [0.3, 0.4) is 0 Å². The third kappa shape index (κ3) is 5.42. The molecule has 2 bridgehead atoms. The van der Waals surface area contributed by atoms with Crippen molar-refractivity contribution < 1.29 is 24.9 Å². The molecule has 0 aliphatic carbocycles. The first-order chi connectivity index (χ1) is 14.8. The molecule has 3 aliphatic heterocycles. The molecule has 31 heavy (non-hydrogen) atoms. The largest absolute Gasteiger partial charge is 0.497 e. The zero-order chi connectivity index (χ0) is 22.5. The molecule has 3 aliphatic rings. The van der Waals surface area contributed by atoms with Gasteiger partial charge in [-0.05, 0) is 68.0 Å². The molecule has 7 nitrogen and oxygen atoms in total. The summed E-state index contributed by atoms with van der Waals surface area (Å²) >= 11 is 0. The number of methoxy groups -OCH3 is 1. The minimum atomic E-state index is -0.963. The first-order valence-electron chi connectivity index (χ1n) is 10.7. The summed E-state index contributed by atoms with van der Waals surface area (Å²) in [5.41, 5.74) is 1.85. The summed E-state index contributed by atoms with van der Waals surface area (Å²) in [6.07, 6.45) is 4.73. The highest BCUT2D eigenvalue weighted by Crippen LogP contribution is 2.42. The smallest absolute Gasteiger partial charge is 0.305 e. The Morgan fingerprint density at radius 2 is 2.16 bits per heavy atom. The molecule has 0 amide bonds. The Hall–Kier alpha value is -2.48. The van der Waals surface area contributed by atoms with Gasteiger partial charge in [0.05, 0.1) is 31.3 Å². The zero-order valence-corrected chi connectivity index (χ0v) is 18.1. The molecule has 0 radical (unpaired) electrons. The van der Waals surface area contributed by atoms with E-state index in [2.05, 4.69) is 22.5 Å². The number of rotatable bonds is 6. The maximum Gasteiger partial charge on any atom is 0.305 e. The lowest BCUT2D eigenvalue weighted by molar-refractivity contribution is -0.138. The van der Waals surface area contributed by atoms with Crippen molar-refractivity contribution >= 4 is 16.9 Å². The molecule has 5 rings (SSSR count). The van der Waals surface area contributed by atoms with Crippen LogP contribution in [0.4, 0.5) is 0 Å². The van der Waals surface area contributed by atoms with Gasteiger partial charge in [-0.2, -0.15) is 0 Å². The van der Waals surface area contributed by atoms with Crippen molar-refractivity contribution in [3.05, 3.63) is 48.7 Å². The molecule has 3 saturated heterocycles. The predicted molar refractivity (Wildman–Crippen MR) is 119 cm³/mol. The fourth-order valence-corrected chi connectivity index (χ4v) is 4.70. The molecule has 0 saturated carbocycles. The lowest BCUT2D eigenvalue weighted by atomic mass is 9.73. The van der Waals surface area contributed by atoms with Crippen molar-refractivity contribution in [1.82, 2.24) is 9.88 Å². The second kappa shape index (κ2) is 10.2. The van der Waals surface area contributed by atoms with E-state index in [1.807, 2.05) is 24.3 Å². The molecular formula is C24H32N2O5. The van der Waals surface area contributed by atoms with Crippen molar-refractivity contribution in [2.45, 2.75) is 44.4 Å². The number of aliphatic hydroxyl groups excluding tert-OH is 2. The van der Waals surface area contributed by atoms with Crippen LogP contribution in [0.25, 0.3) is 10.9 Å². The van der Waals surface area contributed by atoms with Gasteiger partial charge < -0.3 is 20.1 Å². The van der Waals surface area contributed by atoms with Gasteiger partial charge in [-0.25, -0.2) is 0 Å². The van der Waals surface area contributed by atoms with Crippen LogP contribution in [0.2, 0.25) is 0 Å². The van der Waals surface area contributed by atoms with E-state index in [9.17, 15) is 9.90 Å². The minimum Gasteiger partial charge on any atom is -0.497 e. The number of piperidine rings is 3. The topological polar surface area (TPSA) is 103 Å². The molecular weight excluding hydrogens is 396 g/mol. The maximum absolute atomic E-state index is 11.2. The number of nitrogens with zero attached hydrogens (tertiary/aromatic N) is 2. The molecule has 3 fully saturated rings. The molecule has 2 aromatic rings. The number of benzene rings is 1. The highest BCUT2D eigenvalue weighted by molar-refractivity contribution is 5.84. The van der Waals surface area contributed by atoms with Gasteiger partial charge in [0.25, 0.3) is 0 Å². The average molecular weight is 429 g/mol. The number of ether oxygens (including phenoxy) is 1. The van der Waals surface area contributed by atoms with Crippen LogP contribution in [-0.4, -0.2) is 63.5 Å². The Morgan fingerprint density at radius 1 is 1.39 bits per heavy atom. The Kier molecular flexibility index (Phi) is 7.64. The minimum absolute atomic E-state index is 0.167. The number of carboxylic acid groups (broad SMARTS) is 1. The molecule has 1 aromatic carbocycles. The summed E-state index contributed by atoms with van der Waals surface area (Å²) in [5, 5.41) is 28.4. The van der Waals surface area contributed by atoms with E-state index in [1.165, 1.54) is 13.3 Å². The van der Waals surface area contributed by atoms with Crippen LogP contribution < -0.4 is 4.74 Å². The Morgan fingerprint density at radius 3 is 2.71 bits per heavy atom. The van der Waals surface area contributed by atoms with E-state index in [1.54, 1.807) is 13.3 Å². The van der Waals surface area contributed by atoms with Gasteiger partial charge in [-0.3, -0.25) is 14.7 Å². The van der Waals surface area contributed by atoms with Gasteiger partial charge in [-0.15, -0.1) is 6.58 Å². The number of hydrogen-bond donors (Lipinski definition) is 3. The van der Waals surface area contributed by atoms with Gasteiger partial charge in [0.1, 0.15) is 5.75 Å². The average Bonchev–Trinajstić information content (AvgIpc) is 2.77. The van der Waals surface area contributed by atoms with Crippen LogP contribution in [0.5, 0.6) is 5.75 Å². The monoisotopic (exact) mass is 428 g/mol. The second-order valence-corrected chi connectivity index (χ2v) is 8.42. The third-order valence-electron chi connectivity index (χ3n) is 6.29. The Bertz CT molecular complexity index is 916. The standard InChI is InChI=1S/C20H24N2O2.C4H8O3/c1-3-13-12-22-9-7-14(13)10-19(22)20(23)16-6-8-21-18-5-4-15(24-2)11-17(16)18;1-3(5)2-4(6)7/h3-6,8,11,13-14,19-20,23H,1,7,9-10,12H2,2H3;3,5H,2H2,1H3,(H,6,7)/t13-,14?,19-,20+;/m0./s1. The van der Waals surface area contributed by atoms with E-state index >= 15 is 0 Å². The summed E-state index contributed by atoms with van der Waals surface area (Å²) in [7, 11) is 1.66. The quantitative estimate of drug-likeness (QED) is 0.608. The second-order valence-electron chi connectivity index (χ2n) is 8.42. The number of carbonyl (C=O) groups is 1. The summed E-state index contributed by atoms with van der Waals surface area (Å²) in [6.45, 7) is 7.51. The fourth-order valence-electron chi connectivity index (χ4n) is 4.70. The maximum atomic E-state index is 11.2. The molecule has 168 valence electrons. The number of pyridine rings is 1. The molecule has 4 heterocycles. The molecule has 3 unspecified atom stereocenters. The number of aliphatic carboxylic acids is 1. The van der Waals surface area contributed by atoms with Crippen molar-refractivity contribution in [2.75, 3.05) is 20.2 Å². The Balaban J connectivity index is 0.000000339. The third-order valence-corrected chi connectivity index (χ3v) is 6.29. The fraction of sp³-hybridized carbons (Fsp3) is 0.500. The van der Waals surface area contributed by atoms with Crippen LogP contribution >= 0.6 is 0 Å². The SMILES string of the molecule is C=C[C@H]1CN2CCC1C[C@H]2[C@H](O)c1ccnc2ccc(OC)cc12.CC(O)CC(=O)O. The molecule has 1 aromatic heterocycles. The highest BCUT2D eigenvalue weighted by atomic mass is 16.5. The van der Waals surface area contributed by atoms with E-state index in [0.717, 1.165) is 41.7 Å². The molecule has 6 atom stereocenters. The van der Waals surface area contributed by atoms with Gasteiger partial charge >= 0.3 is 5.97 Å².